The van der Waals surface area contributed by atoms with E-state index in [1.165, 1.54) is 0 Å². The van der Waals surface area contributed by atoms with Crippen molar-refractivity contribution in [3.63, 3.8) is 0 Å². The molecule has 2 aromatic heterocycles. The highest BCUT2D eigenvalue weighted by Gasteiger charge is 2.15. The van der Waals surface area contributed by atoms with Crippen molar-refractivity contribution in [1.29, 1.82) is 0 Å². The summed E-state index contributed by atoms with van der Waals surface area (Å²) in [4.78, 5) is 4.11. The van der Waals surface area contributed by atoms with Crippen LogP contribution < -0.4 is 10.0 Å². The highest BCUT2D eigenvalue weighted by molar-refractivity contribution is 7.94. The van der Waals surface area contributed by atoms with Crippen LogP contribution in [-0.4, -0.2) is 13.4 Å². The SMILES string of the molecule is O=S(=O)(Nc1ccc(Nc2ccc(Cl)cc2)cn1)c1cccs1. The minimum absolute atomic E-state index is 0.252. The Labute approximate surface area is 143 Å². The lowest BCUT2D eigenvalue weighted by Gasteiger charge is -2.08. The van der Waals surface area contributed by atoms with Crippen LogP contribution in [0.25, 0.3) is 0 Å². The van der Waals surface area contributed by atoms with E-state index in [1.807, 2.05) is 12.1 Å². The van der Waals surface area contributed by atoms with Crippen LogP contribution in [0.15, 0.2) is 64.3 Å². The van der Waals surface area contributed by atoms with Gasteiger partial charge in [0.25, 0.3) is 10.0 Å². The Kier molecular flexibility index (Phi) is 4.51. The van der Waals surface area contributed by atoms with Gasteiger partial charge in [0, 0.05) is 10.7 Å². The van der Waals surface area contributed by atoms with Gasteiger partial charge in [0.05, 0.1) is 11.9 Å². The predicted molar refractivity (Wildman–Crippen MR) is 94.1 cm³/mol. The Hall–Kier alpha value is -2.09. The van der Waals surface area contributed by atoms with E-state index in [0.29, 0.717) is 5.02 Å². The maximum absolute atomic E-state index is 12.1. The van der Waals surface area contributed by atoms with Gasteiger partial charge in [-0.15, -0.1) is 11.3 Å². The van der Waals surface area contributed by atoms with Crippen molar-refractivity contribution in [2.45, 2.75) is 4.21 Å². The summed E-state index contributed by atoms with van der Waals surface area (Å²) >= 11 is 6.99. The second-order valence-electron chi connectivity index (χ2n) is 4.60. The molecule has 0 radical (unpaired) electrons. The number of rotatable bonds is 5. The van der Waals surface area contributed by atoms with Crippen molar-refractivity contribution in [2.75, 3.05) is 10.0 Å². The molecule has 0 saturated heterocycles. The van der Waals surface area contributed by atoms with Crippen LogP contribution in [0.5, 0.6) is 0 Å². The van der Waals surface area contributed by atoms with Gasteiger partial charge in [0.15, 0.2) is 0 Å². The van der Waals surface area contributed by atoms with E-state index in [1.54, 1.807) is 48.0 Å². The van der Waals surface area contributed by atoms with Crippen LogP contribution >= 0.6 is 22.9 Å². The summed E-state index contributed by atoms with van der Waals surface area (Å²) in [5.74, 6) is 0.264. The first-order chi connectivity index (χ1) is 11.0. The number of aromatic nitrogens is 1. The fraction of sp³-hybridized carbons (Fsp3) is 0. The lowest BCUT2D eigenvalue weighted by molar-refractivity contribution is 0.603. The smallest absolute Gasteiger partial charge is 0.272 e. The van der Waals surface area contributed by atoms with E-state index in [9.17, 15) is 8.42 Å². The van der Waals surface area contributed by atoms with Gasteiger partial charge >= 0.3 is 0 Å². The third-order valence-corrected chi connectivity index (χ3v) is 5.90. The topological polar surface area (TPSA) is 71.1 Å². The number of sulfonamides is 1. The van der Waals surface area contributed by atoms with Crippen molar-refractivity contribution in [1.82, 2.24) is 4.98 Å². The van der Waals surface area contributed by atoms with Gasteiger partial charge in [-0.1, -0.05) is 17.7 Å². The van der Waals surface area contributed by atoms with Gasteiger partial charge in [-0.05, 0) is 47.8 Å². The molecular formula is C15H12ClN3O2S2. The molecule has 0 saturated carbocycles. The first kappa shape index (κ1) is 15.8. The third kappa shape index (κ3) is 4.01. The molecule has 0 bridgehead atoms. The summed E-state index contributed by atoms with van der Waals surface area (Å²) < 4.78 is 26.9. The summed E-state index contributed by atoms with van der Waals surface area (Å²) in [6, 6.07) is 13.8. The third-order valence-electron chi connectivity index (χ3n) is 2.90. The average molecular weight is 366 g/mol. The van der Waals surface area contributed by atoms with Gasteiger partial charge < -0.3 is 5.32 Å². The molecule has 1 aromatic carbocycles. The van der Waals surface area contributed by atoms with Crippen LogP contribution in [0.3, 0.4) is 0 Å². The highest BCUT2D eigenvalue weighted by Crippen LogP contribution is 2.22. The lowest BCUT2D eigenvalue weighted by atomic mass is 10.3. The second-order valence-corrected chi connectivity index (χ2v) is 7.89. The number of thiophene rings is 1. The van der Waals surface area contributed by atoms with E-state index in [2.05, 4.69) is 15.0 Å². The number of anilines is 3. The summed E-state index contributed by atoms with van der Waals surface area (Å²) in [6.45, 7) is 0. The molecule has 0 spiro atoms. The molecule has 0 aliphatic rings. The lowest BCUT2D eigenvalue weighted by Crippen LogP contribution is -2.12. The van der Waals surface area contributed by atoms with E-state index >= 15 is 0 Å². The molecule has 0 aliphatic heterocycles. The summed E-state index contributed by atoms with van der Waals surface area (Å²) in [7, 11) is -3.58. The summed E-state index contributed by atoms with van der Waals surface area (Å²) in [6.07, 6.45) is 1.56. The summed E-state index contributed by atoms with van der Waals surface area (Å²) in [5.41, 5.74) is 1.61. The van der Waals surface area contributed by atoms with Crippen LogP contribution in [-0.2, 0) is 10.0 Å². The zero-order chi connectivity index (χ0) is 16.3. The summed E-state index contributed by atoms with van der Waals surface area (Å²) in [5, 5.41) is 5.52. The number of benzene rings is 1. The first-order valence-electron chi connectivity index (χ1n) is 6.58. The quantitative estimate of drug-likeness (QED) is 0.705. The Balaban J connectivity index is 1.71. The van der Waals surface area contributed by atoms with Gasteiger partial charge in [0.2, 0.25) is 0 Å². The Morgan fingerprint density at radius 2 is 1.74 bits per heavy atom. The highest BCUT2D eigenvalue weighted by atomic mass is 35.5. The number of nitrogens with zero attached hydrogens (tertiary/aromatic N) is 1. The number of nitrogens with one attached hydrogen (secondary N) is 2. The predicted octanol–water partition coefficient (Wildman–Crippen LogP) is 4.34. The zero-order valence-electron chi connectivity index (χ0n) is 11.7. The molecule has 0 aliphatic carbocycles. The van der Waals surface area contributed by atoms with Gasteiger partial charge in [-0.3, -0.25) is 4.72 Å². The fourth-order valence-electron chi connectivity index (χ4n) is 1.83. The van der Waals surface area contributed by atoms with E-state index in [0.717, 1.165) is 22.7 Å². The average Bonchev–Trinajstić information content (AvgIpc) is 3.07. The monoisotopic (exact) mass is 365 g/mol. The Morgan fingerprint density at radius 1 is 1.00 bits per heavy atom. The molecule has 3 rings (SSSR count). The van der Waals surface area contributed by atoms with Crippen molar-refractivity contribution in [3.05, 3.63) is 65.1 Å². The minimum atomic E-state index is -3.58. The molecule has 118 valence electrons. The molecule has 2 N–H and O–H groups in total. The Bertz CT molecular complexity index is 877. The van der Waals surface area contributed by atoms with Crippen molar-refractivity contribution < 1.29 is 8.42 Å². The van der Waals surface area contributed by atoms with Crippen molar-refractivity contribution in [3.8, 4) is 0 Å². The van der Waals surface area contributed by atoms with Crippen LogP contribution in [0.1, 0.15) is 0 Å². The van der Waals surface area contributed by atoms with Crippen LogP contribution in [0.2, 0.25) is 5.02 Å². The molecule has 5 nitrogen and oxygen atoms in total. The van der Waals surface area contributed by atoms with Crippen LogP contribution in [0.4, 0.5) is 17.2 Å². The second kappa shape index (κ2) is 6.57. The zero-order valence-corrected chi connectivity index (χ0v) is 14.1. The molecule has 3 aromatic rings. The molecule has 23 heavy (non-hydrogen) atoms. The molecule has 0 amide bonds. The minimum Gasteiger partial charge on any atom is -0.354 e. The number of hydrogen-bond donors (Lipinski definition) is 2. The van der Waals surface area contributed by atoms with Crippen molar-refractivity contribution >= 4 is 50.2 Å². The van der Waals surface area contributed by atoms with Crippen LogP contribution in [0, 0.1) is 0 Å². The fourth-order valence-corrected chi connectivity index (χ4v) is 3.96. The molecule has 0 fully saturated rings. The molecule has 8 heteroatoms. The number of hydrogen-bond acceptors (Lipinski definition) is 5. The van der Waals surface area contributed by atoms with E-state index < -0.39 is 10.0 Å². The largest absolute Gasteiger partial charge is 0.354 e. The molecule has 2 heterocycles. The van der Waals surface area contributed by atoms with Gasteiger partial charge in [-0.2, -0.15) is 0 Å². The number of pyridine rings is 1. The maximum atomic E-state index is 12.1. The van der Waals surface area contributed by atoms with Gasteiger partial charge in [0.1, 0.15) is 10.0 Å². The molecule has 0 atom stereocenters. The van der Waals surface area contributed by atoms with E-state index in [4.69, 9.17) is 11.6 Å². The molecule has 0 unspecified atom stereocenters. The molecular weight excluding hydrogens is 354 g/mol. The number of halogens is 1. The maximum Gasteiger partial charge on any atom is 0.272 e. The van der Waals surface area contributed by atoms with Crippen molar-refractivity contribution in [2.24, 2.45) is 0 Å². The first-order valence-corrected chi connectivity index (χ1v) is 9.32. The Morgan fingerprint density at radius 3 is 2.35 bits per heavy atom. The van der Waals surface area contributed by atoms with Gasteiger partial charge in [-0.25, -0.2) is 13.4 Å². The normalized spacial score (nSPS) is 11.2. The standard InChI is InChI=1S/C15H12ClN3O2S2/c16-11-3-5-12(6-4-11)18-13-7-8-14(17-10-13)19-23(20,21)15-2-1-9-22-15/h1-10,18H,(H,17,19). The van der Waals surface area contributed by atoms with E-state index in [-0.39, 0.29) is 10.0 Å².